The van der Waals surface area contributed by atoms with Crippen LogP contribution in [0.4, 0.5) is 5.69 Å². The third kappa shape index (κ3) is 3.32. The van der Waals surface area contributed by atoms with Crippen molar-refractivity contribution in [2.24, 2.45) is 0 Å². The minimum Gasteiger partial charge on any atom is -0.486 e. The van der Waals surface area contributed by atoms with Crippen LogP contribution >= 0.6 is 0 Å². The van der Waals surface area contributed by atoms with E-state index in [2.05, 4.69) is 0 Å². The third-order valence-electron chi connectivity index (χ3n) is 5.70. The van der Waals surface area contributed by atoms with Crippen LogP contribution in [-0.4, -0.2) is 36.6 Å². The van der Waals surface area contributed by atoms with Crippen molar-refractivity contribution in [3.05, 3.63) is 71.8 Å². The van der Waals surface area contributed by atoms with E-state index in [1.54, 1.807) is 49.4 Å². The van der Waals surface area contributed by atoms with E-state index in [4.69, 9.17) is 9.47 Å². The zero-order valence-electron chi connectivity index (χ0n) is 17.3. The maximum atomic E-state index is 13.2. The summed E-state index contributed by atoms with van der Waals surface area (Å²) in [4.78, 5) is 0.466. The van der Waals surface area contributed by atoms with Gasteiger partial charge in [-0.25, -0.2) is 16.8 Å². The number of sulfonamides is 1. The molecule has 0 radical (unpaired) electrons. The molecule has 0 atom stereocenters. The second-order valence-corrected chi connectivity index (χ2v) is 11.5. The van der Waals surface area contributed by atoms with E-state index in [9.17, 15) is 16.8 Å². The number of ether oxygens (including phenoxy) is 2. The monoisotopic (exact) mass is 471 g/mol. The van der Waals surface area contributed by atoms with Crippen LogP contribution in [-0.2, 0) is 26.3 Å². The second-order valence-electron chi connectivity index (χ2n) is 7.69. The van der Waals surface area contributed by atoms with Crippen LogP contribution in [0.15, 0.2) is 75.4 Å². The lowest BCUT2D eigenvalue weighted by Crippen LogP contribution is -2.29. The quantitative estimate of drug-likeness (QED) is 0.580. The van der Waals surface area contributed by atoms with E-state index < -0.39 is 19.9 Å². The number of nitrogens with zero attached hydrogens (tertiary/aromatic N) is 1. The van der Waals surface area contributed by atoms with Gasteiger partial charge in [0.05, 0.1) is 20.4 Å². The van der Waals surface area contributed by atoms with Gasteiger partial charge in [-0.1, -0.05) is 18.2 Å². The highest BCUT2D eigenvalue weighted by molar-refractivity contribution is 7.93. The van der Waals surface area contributed by atoms with Crippen LogP contribution in [0.2, 0.25) is 0 Å². The van der Waals surface area contributed by atoms with E-state index in [-0.39, 0.29) is 21.2 Å². The Hall–Kier alpha value is -3.04. The van der Waals surface area contributed by atoms with Crippen molar-refractivity contribution < 1.29 is 26.3 Å². The molecule has 0 unspecified atom stereocenters. The minimum absolute atomic E-state index is 0.101. The van der Waals surface area contributed by atoms with Gasteiger partial charge in [0.15, 0.2) is 11.5 Å². The normalized spacial score (nSPS) is 15.5. The molecule has 3 aromatic carbocycles. The zero-order valence-corrected chi connectivity index (χ0v) is 18.9. The fraction of sp³-hybridized carbons (Fsp3) is 0.217. The summed E-state index contributed by atoms with van der Waals surface area (Å²) in [5.41, 5.74) is 1.86. The fourth-order valence-electron chi connectivity index (χ4n) is 4.06. The maximum absolute atomic E-state index is 13.2. The lowest BCUT2D eigenvalue weighted by molar-refractivity contribution is 0.171. The summed E-state index contributed by atoms with van der Waals surface area (Å²) >= 11 is 0. The Morgan fingerprint density at radius 2 is 1.50 bits per heavy atom. The van der Waals surface area contributed by atoms with E-state index in [1.165, 1.54) is 22.5 Å². The highest BCUT2D eigenvalue weighted by atomic mass is 32.2. The highest BCUT2D eigenvalue weighted by Gasteiger charge is 2.33. The second kappa shape index (κ2) is 7.53. The maximum Gasteiger partial charge on any atom is 0.264 e. The van der Waals surface area contributed by atoms with E-state index in [1.807, 2.05) is 0 Å². The molecular weight excluding hydrogens is 450 g/mol. The number of fused-ring (bicyclic) bond motifs is 2. The molecule has 5 rings (SSSR count). The topological polar surface area (TPSA) is 90.0 Å². The number of hydrogen-bond donors (Lipinski definition) is 0. The molecule has 0 N–H and O–H groups in total. The van der Waals surface area contributed by atoms with E-state index in [0.29, 0.717) is 47.9 Å². The smallest absolute Gasteiger partial charge is 0.264 e. The van der Waals surface area contributed by atoms with Crippen molar-refractivity contribution >= 4 is 25.5 Å². The van der Waals surface area contributed by atoms with Gasteiger partial charge in [-0.2, -0.15) is 0 Å². The molecule has 0 fully saturated rings. The van der Waals surface area contributed by atoms with E-state index >= 15 is 0 Å². The average Bonchev–Trinajstić information content (AvgIpc) is 3.23. The summed E-state index contributed by atoms with van der Waals surface area (Å²) < 4.78 is 65.3. The molecule has 0 spiro atoms. The van der Waals surface area contributed by atoms with Crippen molar-refractivity contribution in [2.45, 2.75) is 28.0 Å². The van der Waals surface area contributed by atoms with Gasteiger partial charge in [-0.05, 0) is 60.9 Å². The van der Waals surface area contributed by atoms with Gasteiger partial charge in [0.2, 0.25) is 9.84 Å². The molecule has 9 heteroatoms. The number of rotatable bonds is 4. The molecule has 0 aromatic heterocycles. The highest BCUT2D eigenvalue weighted by Crippen LogP contribution is 2.38. The predicted molar refractivity (Wildman–Crippen MR) is 119 cm³/mol. The lowest BCUT2D eigenvalue weighted by atomic mass is 10.2. The first-order valence-corrected chi connectivity index (χ1v) is 13.1. The Labute approximate surface area is 187 Å². The molecule has 0 saturated carbocycles. The summed E-state index contributed by atoms with van der Waals surface area (Å²) in [5, 5.41) is 0. The Morgan fingerprint density at radius 3 is 2.28 bits per heavy atom. The Morgan fingerprint density at radius 1 is 0.812 bits per heavy atom. The summed E-state index contributed by atoms with van der Waals surface area (Å²) in [6.45, 7) is 2.80. The van der Waals surface area contributed by atoms with Gasteiger partial charge in [0.1, 0.15) is 13.2 Å². The Kier molecular flexibility index (Phi) is 4.90. The van der Waals surface area contributed by atoms with Crippen molar-refractivity contribution in [1.82, 2.24) is 0 Å². The first-order valence-electron chi connectivity index (χ1n) is 10.1. The molecular formula is C23H21NO6S2. The van der Waals surface area contributed by atoms with Gasteiger partial charge in [0, 0.05) is 12.6 Å². The molecule has 32 heavy (non-hydrogen) atoms. The van der Waals surface area contributed by atoms with E-state index in [0.717, 1.165) is 0 Å². The number of sulfone groups is 1. The Bertz CT molecular complexity index is 1430. The van der Waals surface area contributed by atoms with Crippen molar-refractivity contribution in [2.75, 3.05) is 24.1 Å². The molecule has 3 aromatic rings. The van der Waals surface area contributed by atoms with Crippen LogP contribution in [0.1, 0.15) is 11.1 Å². The van der Waals surface area contributed by atoms with Crippen LogP contribution in [0.5, 0.6) is 11.5 Å². The first kappa shape index (κ1) is 20.8. The van der Waals surface area contributed by atoms with Crippen molar-refractivity contribution in [3.63, 3.8) is 0 Å². The molecule has 0 saturated heterocycles. The van der Waals surface area contributed by atoms with Gasteiger partial charge in [0.25, 0.3) is 10.0 Å². The standard InChI is InChI=1S/C23H21NO6S2/c1-16-4-2-3-5-23(16)32(27,28)24-11-10-17-14-18(6-8-20(17)24)31(25,26)19-7-9-21-22(15-19)30-13-12-29-21/h2-9,14-15H,10-13H2,1H3. The van der Waals surface area contributed by atoms with Crippen LogP contribution in [0.25, 0.3) is 0 Å². The molecule has 0 bridgehead atoms. The SMILES string of the molecule is Cc1ccccc1S(=O)(=O)N1CCc2cc(S(=O)(=O)c3ccc4c(c3)OCCO4)ccc21. The first-order chi connectivity index (χ1) is 15.3. The Balaban J connectivity index is 1.51. The summed E-state index contributed by atoms with van der Waals surface area (Å²) in [5.74, 6) is 0.912. The fourth-order valence-corrected chi connectivity index (χ4v) is 7.11. The van der Waals surface area contributed by atoms with Crippen molar-refractivity contribution in [3.8, 4) is 11.5 Å². The van der Waals surface area contributed by atoms with Crippen LogP contribution in [0.3, 0.4) is 0 Å². The minimum atomic E-state index is -3.81. The van der Waals surface area contributed by atoms with Gasteiger partial charge in [-0.15, -0.1) is 0 Å². The van der Waals surface area contributed by atoms with Crippen LogP contribution in [0, 0.1) is 6.92 Å². The van der Waals surface area contributed by atoms with Gasteiger partial charge < -0.3 is 9.47 Å². The van der Waals surface area contributed by atoms with Gasteiger partial charge in [-0.3, -0.25) is 4.31 Å². The van der Waals surface area contributed by atoms with Crippen LogP contribution < -0.4 is 13.8 Å². The van der Waals surface area contributed by atoms with Gasteiger partial charge >= 0.3 is 0 Å². The summed E-state index contributed by atoms with van der Waals surface area (Å²) in [6, 6.07) is 16.0. The largest absolute Gasteiger partial charge is 0.486 e. The number of hydrogen-bond acceptors (Lipinski definition) is 6. The zero-order chi connectivity index (χ0) is 22.5. The van der Waals surface area contributed by atoms with Crippen molar-refractivity contribution in [1.29, 1.82) is 0 Å². The predicted octanol–water partition coefficient (Wildman–Crippen LogP) is 3.35. The molecule has 166 valence electrons. The number of anilines is 1. The molecule has 2 aliphatic rings. The number of aryl methyl sites for hydroxylation is 1. The summed E-state index contributed by atoms with van der Waals surface area (Å²) in [7, 11) is -7.55. The number of benzene rings is 3. The lowest BCUT2D eigenvalue weighted by Gasteiger charge is -2.21. The molecule has 7 nitrogen and oxygen atoms in total. The average molecular weight is 472 g/mol. The molecule has 0 amide bonds. The third-order valence-corrected chi connectivity index (χ3v) is 9.42. The molecule has 2 aliphatic heterocycles. The molecule has 0 aliphatic carbocycles. The molecule has 2 heterocycles. The summed E-state index contributed by atoms with van der Waals surface area (Å²) in [6.07, 6.45) is 0.435.